The van der Waals surface area contributed by atoms with Crippen molar-refractivity contribution in [1.82, 2.24) is 9.97 Å². The maximum absolute atomic E-state index is 13.7. The first-order valence-electron chi connectivity index (χ1n) is 9.45. The average Bonchev–Trinajstić information content (AvgIpc) is 2.64. The van der Waals surface area contributed by atoms with Crippen LogP contribution >= 0.6 is 0 Å². The molecule has 2 N–H and O–H groups in total. The highest BCUT2D eigenvalue weighted by Gasteiger charge is 2.06. The molecule has 0 amide bonds. The Morgan fingerprint density at radius 2 is 1.88 bits per heavy atom. The van der Waals surface area contributed by atoms with E-state index in [1.807, 2.05) is 19.1 Å². The second kappa shape index (κ2) is 9.32. The Hall–Kier alpha value is -2.43. The third kappa shape index (κ3) is 5.55. The van der Waals surface area contributed by atoms with Gasteiger partial charge in [-0.15, -0.1) is 0 Å². The van der Waals surface area contributed by atoms with Gasteiger partial charge in [-0.25, -0.2) is 9.37 Å². The van der Waals surface area contributed by atoms with E-state index in [1.54, 1.807) is 17.7 Å². The van der Waals surface area contributed by atoms with Gasteiger partial charge in [0.2, 0.25) is 5.95 Å². The van der Waals surface area contributed by atoms with E-state index < -0.39 is 0 Å². The van der Waals surface area contributed by atoms with E-state index in [0.717, 1.165) is 24.5 Å². The summed E-state index contributed by atoms with van der Waals surface area (Å²) in [6.45, 7) is 3.44. The van der Waals surface area contributed by atoms with Gasteiger partial charge < -0.3 is 10.6 Å². The van der Waals surface area contributed by atoms with Gasteiger partial charge in [-0.05, 0) is 57.1 Å². The molecule has 0 radical (unpaired) electrons. The topological polar surface area (TPSA) is 49.8 Å². The summed E-state index contributed by atoms with van der Waals surface area (Å²) in [7, 11) is 0. The number of anilines is 2. The molecule has 3 rings (SSSR count). The van der Waals surface area contributed by atoms with E-state index in [1.165, 1.54) is 31.7 Å². The van der Waals surface area contributed by atoms with Gasteiger partial charge in [0.15, 0.2) is 0 Å². The number of rotatable bonds is 8. The van der Waals surface area contributed by atoms with Crippen molar-refractivity contribution in [2.45, 2.75) is 45.4 Å². The Morgan fingerprint density at radius 3 is 2.69 bits per heavy atom. The smallest absolute Gasteiger partial charge is 0.224 e. The summed E-state index contributed by atoms with van der Waals surface area (Å²) in [5.74, 6) is 1.25. The van der Waals surface area contributed by atoms with E-state index in [4.69, 9.17) is 0 Å². The number of benzene rings is 1. The molecule has 0 saturated heterocycles. The van der Waals surface area contributed by atoms with Crippen LogP contribution in [0.5, 0.6) is 0 Å². The van der Waals surface area contributed by atoms with Gasteiger partial charge >= 0.3 is 0 Å². The minimum absolute atomic E-state index is 0.168. The van der Waals surface area contributed by atoms with Crippen molar-refractivity contribution in [3.05, 3.63) is 59.1 Å². The molecule has 4 nitrogen and oxygen atoms in total. The number of hydrogen-bond acceptors (Lipinski definition) is 4. The van der Waals surface area contributed by atoms with Crippen LogP contribution < -0.4 is 10.6 Å². The molecule has 1 aromatic heterocycles. The molecule has 0 spiro atoms. The molecule has 1 aliphatic carbocycles. The van der Waals surface area contributed by atoms with Gasteiger partial charge in [-0.3, -0.25) is 0 Å². The monoisotopic (exact) mass is 354 g/mol. The van der Waals surface area contributed by atoms with Crippen LogP contribution in [0.3, 0.4) is 0 Å². The summed E-state index contributed by atoms with van der Waals surface area (Å²) in [4.78, 5) is 8.94. The summed E-state index contributed by atoms with van der Waals surface area (Å²) in [5, 5.41) is 6.60. The second-order valence-electron chi connectivity index (χ2n) is 6.77. The van der Waals surface area contributed by atoms with E-state index in [9.17, 15) is 4.39 Å². The van der Waals surface area contributed by atoms with Crippen molar-refractivity contribution < 1.29 is 4.39 Å². The lowest BCUT2D eigenvalue weighted by Gasteiger charge is -2.14. The molecule has 1 heterocycles. The lowest BCUT2D eigenvalue weighted by atomic mass is 9.97. The van der Waals surface area contributed by atoms with Gasteiger partial charge in [-0.1, -0.05) is 29.8 Å². The molecule has 1 aromatic carbocycles. The number of nitrogens with zero attached hydrogens (tertiary/aromatic N) is 2. The zero-order chi connectivity index (χ0) is 18.2. The first kappa shape index (κ1) is 18.4. The standard InChI is InChI=1S/C21H27FN4/c1-16-15-20(23-13-11-17-7-3-2-4-8-17)26-21(25-16)24-14-12-18-9-5-6-10-19(18)22/h5-7,9-10,15H,2-4,8,11-14H2,1H3,(H2,23,24,25,26). The molecule has 0 unspecified atom stereocenters. The van der Waals surface area contributed by atoms with Gasteiger partial charge in [0.25, 0.3) is 0 Å². The van der Waals surface area contributed by atoms with Crippen LogP contribution in [-0.4, -0.2) is 23.1 Å². The number of aromatic nitrogens is 2. The molecular weight excluding hydrogens is 327 g/mol. The van der Waals surface area contributed by atoms with Crippen molar-refractivity contribution in [3.8, 4) is 0 Å². The molecule has 0 saturated carbocycles. The van der Waals surface area contributed by atoms with Crippen molar-refractivity contribution in [3.63, 3.8) is 0 Å². The predicted octanol–water partition coefficient (Wildman–Crippen LogP) is 4.88. The Morgan fingerprint density at radius 1 is 1.04 bits per heavy atom. The summed E-state index contributed by atoms with van der Waals surface area (Å²) in [6, 6.07) is 8.81. The fourth-order valence-electron chi connectivity index (χ4n) is 3.23. The molecule has 0 aliphatic heterocycles. The van der Waals surface area contributed by atoms with Gasteiger partial charge in [0.1, 0.15) is 11.6 Å². The largest absolute Gasteiger partial charge is 0.370 e. The van der Waals surface area contributed by atoms with Crippen molar-refractivity contribution in [1.29, 1.82) is 0 Å². The predicted molar refractivity (Wildman–Crippen MR) is 105 cm³/mol. The molecule has 2 aromatic rings. The number of aryl methyl sites for hydroxylation is 1. The SMILES string of the molecule is Cc1cc(NCCC2=CCCCC2)nc(NCCc2ccccc2F)n1. The second-order valence-corrected chi connectivity index (χ2v) is 6.77. The third-order valence-electron chi connectivity index (χ3n) is 4.63. The van der Waals surface area contributed by atoms with E-state index >= 15 is 0 Å². The Kier molecular flexibility index (Phi) is 6.58. The minimum atomic E-state index is -0.168. The quantitative estimate of drug-likeness (QED) is 0.663. The summed E-state index contributed by atoms with van der Waals surface area (Å²) in [6.07, 6.45) is 9.13. The zero-order valence-electron chi connectivity index (χ0n) is 15.4. The van der Waals surface area contributed by atoms with Gasteiger partial charge in [0, 0.05) is 24.8 Å². The Balaban J connectivity index is 1.50. The molecule has 1 aliphatic rings. The lowest BCUT2D eigenvalue weighted by Crippen LogP contribution is -2.12. The summed E-state index contributed by atoms with van der Waals surface area (Å²) >= 11 is 0. The molecular formula is C21H27FN4. The third-order valence-corrected chi connectivity index (χ3v) is 4.63. The first-order valence-corrected chi connectivity index (χ1v) is 9.45. The van der Waals surface area contributed by atoms with Crippen LogP contribution in [0, 0.1) is 12.7 Å². The number of halogens is 1. The van der Waals surface area contributed by atoms with Crippen molar-refractivity contribution in [2.75, 3.05) is 23.7 Å². The molecule has 138 valence electrons. The van der Waals surface area contributed by atoms with Crippen LogP contribution in [0.25, 0.3) is 0 Å². The van der Waals surface area contributed by atoms with Crippen LogP contribution in [0.2, 0.25) is 0 Å². The molecule has 26 heavy (non-hydrogen) atoms. The fraction of sp³-hybridized carbons (Fsp3) is 0.429. The van der Waals surface area contributed by atoms with Crippen LogP contribution in [0.15, 0.2) is 42.0 Å². The molecule has 0 atom stereocenters. The minimum Gasteiger partial charge on any atom is -0.370 e. The molecule has 0 bridgehead atoms. The number of nitrogens with one attached hydrogen (secondary N) is 2. The first-order chi connectivity index (χ1) is 12.7. The maximum Gasteiger partial charge on any atom is 0.224 e. The molecule has 0 fully saturated rings. The summed E-state index contributed by atoms with van der Waals surface area (Å²) < 4.78 is 13.7. The number of allylic oxidation sites excluding steroid dienone is 1. The molecule has 5 heteroatoms. The van der Waals surface area contributed by atoms with Crippen LogP contribution in [0.4, 0.5) is 16.2 Å². The number of hydrogen-bond donors (Lipinski definition) is 2. The highest BCUT2D eigenvalue weighted by Crippen LogP contribution is 2.20. The maximum atomic E-state index is 13.7. The summed E-state index contributed by atoms with van der Waals surface area (Å²) in [5.41, 5.74) is 3.16. The fourth-order valence-corrected chi connectivity index (χ4v) is 3.23. The van der Waals surface area contributed by atoms with Gasteiger partial charge in [0.05, 0.1) is 0 Å². The average molecular weight is 354 g/mol. The van der Waals surface area contributed by atoms with Gasteiger partial charge in [-0.2, -0.15) is 4.98 Å². The Bertz CT molecular complexity index is 757. The van der Waals surface area contributed by atoms with Crippen LogP contribution in [0.1, 0.15) is 43.4 Å². The van der Waals surface area contributed by atoms with E-state index in [0.29, 0.717) is 24.5 Å². The van der Waals surface area contributed by atoms with Crippen molar-refractivity contribution in [2.24, 2.45) is 0 Å². The van der Waals surface area contributed by atoms with Crippen molar-refractivity contribution >= 4 is 11.8 Å². The zero-order valence-corrected chi connectivity index (χ0v) is 15.4. The Labute approximate surface area is 155 Å². The lowest BCUT2D eigenvalue weighted by molar-refractivity contribution is 0.610. The van der Waals surface area contributed by atoms with E-state index in [2.05, 4.69) is 26.7 Å². The van der Waals surface area contributed by atoms with E-state index in [-0.39, 0.29) is 5.82 Å². The highest BCUT2D eigenvalue weighted by molar-refractivity contribution is 5.42. The highest BCUT2D eigenvalue weighted by atomic mass is 19.1. The normalized spacial score (nSPS) is 14.0. The van der Waals surface area contributed by atoms with Crippen LogP contribution in [-0.2, 0) is 6.42 Å².